The van der Waals surface area contributed by atoms with Gasteiger partial charge in [-0.2, -0.15) is 8.78 Å². The van der Waals surface area contributed by atoms with Crippen molar-refractivity contribution in [2.45, 2.75) is 13.5 Å². The van der Waals surface area contributed by atoms with E-state index in [2.05, 4.69) is 4.74 Å². The molecule has 0 aliphatic heterocycles. The highest BCUT2D eigenvalue weighted by molar-refractivity contribution is 5.51. The number of hydrogen-bond acceptors (Lipinski definition) is 3. The fourth-order valence-electron chi connectivity index (χ4n) is 1.03. The highest BCUT2D eigenvalue weighted by atomic mass is 19.3. The van der Waals surface area contributed by atoms with Gasteiger partial charge in [0.25, 0.3) is 0 Å². The molecule has 0 N–H and O–H groups in total. The van der Waals surface area contributed by atoms with E-state index in [1.165, 1.54) is 0 Å². The maximum absolute atomic E-state index is 12.9. The Balaban J connectivity index is 3.28. The van der Waals surface area contributed by atoms with Gasteiger partial charge >= 0.3 is 12.3 Å². The molecule has 1 rings (SSSR count). The molecule has 1 aromatic rings. The molecule has 4 nitrogen and oxygen atoms in total. The first-order chi connectivity index (χ1) is 6.93. The normalized spacial score (nSPS) is 10.5. The average molecular weight is 221 g/mol. The lowest BCUT2D eigenvalue weighted by Crippen LogP contribution is -2.07. The van der Waals surface area contributed by atoms with Gasteiger partial charge in [-0.05, 0) is 13.0 Å². The number of nitro groups is 1. The maximum Gasteiger partial charge on any atom is 0.387 e. The number of rotatable bonds is 3. The van der Waals surface area contributed by atoms with Gasteiger partial charge < -0.3 is 4.74 Å². The Morgan fingerprint density at radius 2 is 2.07 bits per heavy atom. The topological polar surface area (TPSA) is 52.4 Å². The van der Waals surface area contributed by atoms with E-state index >= 15 is 0 Å². The van der Waals surface area contributed by atoms with Crippen molar-refractivity contribution in [2.24, 2.45) is 0 Å². The van der Waals surface area contributed by atoms with E-state index in [-0.39, 0.29) is 5.56 Å². The Bertz CT molecular complexity index is 395. The maximum atomic E-state index is 12.9. The van der Waals surface area contributed by atoms with Gasteiger partial charge in [0.15, 0.2) is 0 Å². The van der Waals surface area contributed by atoms with Gasteiger partial charge in [0.05, 0.1) is 4.92 Å². The van der Waals surface area contributed by atoms with Gasteiger partial charge in [-0.25, -0.2) is 4.39 Å². The van der Waals surface area contributed by atoms with Gasteiger partial charge in [-0.1, -0.05) is 0 Å². The summed E-state index contributed by atoms with van der Waals surface area (Å²) in [5.74, 6) is -1.58. The average Bonchev–Trinajstić information content (AvgIpc) is 2.12. The van der Waals surface area contributed by atoms with Crippen LogP contribution < -0.4 is 4.74 Å². The Hall–Kier alpha value is -1.79. The van der Waals surface area contributed by atoms with Crippen LogP contribution >= 0.6 is 0 Å². The second kappa shape index (κ2) is 4.16. The van der Waals surface area contributed by atoms with Crippen molar-refractivity contribution in [1.29, 1.82) is 0 Å². The van der Waals surface area contributed by atoms with Crippen LogP contribution in [0.15, 0.2) is 12.1 Å². The summed E-state index contributed by atoms with van der Waals surface area (Å²) >= 11 is 0. The summed E-state index contributed by atoms with van der Waals surface area (Å²) in [6, 6.07) is 1.60. The largest absolute Gasteiger partial charge is 0.427 e. The highest BCUT2D eigenvalue weighted by Gasteiger charge is 2.22. The third kappa shape index (κ3) is 2.36. The first-order valence-electron chi connectivity index (χ1n) is 3.81. The van der Waals surface area contributed by atoms with Crippen LogP contribution in [0.2, 0.25) is 0 Å². The van der Waals surface area contributed by atoms with E-state index in [1.807, 2.05) is 0 Å². The minimum absolute atomic E-state index is 0.315. The van der Waals surface area contributed by atoms with Crippen molar-refractivity contribution in [2.75, 3.05) is 0 Å². The third-order valence-electron chi connectivity index (χ3n) is 1.72. The van der Waals surface area contributed by atoms with Crippen molar-refractivity contribution >= 4 is 5.69 Å². The fourth-order valence-corrected chi connectivity index (χ4v) is 1.03. The molecule has 0 saturated carbocycles. The number of halogens is 3. The van der Waals surface area contributed by atoms with Crippen molar-refractivity contribution in [3.8, 4) is 5.75 Å². The first-order valence-corrected chi connectivity index (χ1v) is 3.81. The van der Waals surface area contributed by atoms with Crippen LogP contribution in [0.4, 0.5) is 18.9 Å². The SMILES string of the molecule is Cc1c(F)ccc([N+](=O)[O-])c1OC(F)F. The lowest BCUT2D eigenvalue weighted by molar-refractivity contribution is -0.386. The second-order valence-corrected chi connectivity index (χ2v) is 2.66. The summed E-state index contributed by atoms with van der Waals surface area (Å²) in [4.78, 5) is 9.51. The van der Waals surface area contributed by atoms with E-state index in [1.54, 1.807) is 0 Å². The minimum atomic E-state index is -3.23. The quantitative estimate of drug-likeness (QED) is 0.582. The zero-order valence-electron chi connectivity index (χ0n) is 7.54. The molecule has 0 bridgehead atoms. The molecule has 0 aromatic heterocycles. The first kappa shape index (κ1) is 11.3. The molecule has 0 spiro atoms. The number of alkyl halides is 2. The molecule has 0 aliphatic rings. The summed E-state index contributed by atoms with van der Waals surface area (Å²) in [5, 5.41) is 10.4. The molecule has 15 heavy (non-hydrogen) atoms. The highest BCUT2D eigenvalue weighted by Crippen LogP contribution is 2.33. The molecule has 0 atom stereocenters. The number of ether oxygens (including phenoxy) is 1. The monoisotopic (exact) mass is 221 g/mol. The summed E-state index contributed by atoms with van der Waals surface area (Å²) in [7, 11) is 0. The smallest absolute Gasteiger partial charge is 0.387 e. The van der Waals surface area contributed by atoms with Crippen molar-refractivity contribution in [3.05, 3.63) is 33.6 Å². The second-order valence-electron chi connectivity index (χ2n) is 2.66. The number of hydrogen-bond donors (Lipinski definition) is 0. The van der Waals surface area contributed by atoms with Gasteiger partial charge in [-0.3, -0.25) is 10.1 Å². The minimum Gasteiger partial charge on any atom is -0.427 e. The molecule has 1 aromatic carbocycles. The summed E-state index contributed by atoms with van der Waals surface area (Å²) in [5.41, 5.74) is -1.00. The van der Waals surface area contributed by atoms with Gasteiger partial charge in [-0.15, -0.1) is 0 Å². The van der Waals surface area contributed by atoms with E-state index in [0.29, 0.717) is 0 Å². The lowest BCUT2D eigenvalue weighted by atomic mass is 10.2. The molecule has 82 valence electrons. The van der Waals surface area contributed by atoms with Crippen molar-refractivity contribution in [1.82, 2.24) is 0 Å². The van der Waals surface area contributed by atoms with Gasteiger partial charge in [0.2, 0.25) is 5.75 Å². The summed E-state index contributed by atoms with van der Waals surface area (Å²) in [6.45, 7) is -2.11. The predicted octanol–water partition coefficient (Wildman–Crippen LogP) is 2.64. The standard InChI is InChI=1S/C8H6F3NO3/c1-4-5(9)2-3-6(12(13)14)7(4)15-8(10)11/h2-3,8H,1H3. The molecular formula is C8H6F3NO3. The summed E-state index contributed by atoms with van der Waals surface area (Å²) in [6.07, 6.45) is 0. The van der Waals surface area contributed by atoms with E-state index in [9.17, 15) is 23.3 Å². The third-order valence-corrected chi connectivity index (χ3v) is 1.72. The molecule has 0 fully saturated rings. The number of nitrogens with zero attached hydrogens (tertiary/aromatic N) is 1. The van der Waals surface area contributed by atoms with Crippen LogP contribution in [0.5, 0.6) is 5.75 Å². The zero-order chi connectivity index (χ0) is 11.6. The van der Waals surface area contributed by atoms with E-state index < -0.39 is 28.8 Å². The molecule has 0 heterocycles. The van der Waals surface area contributed by atoms with Crippen LogP contribution in [0.3, 0.4) is 0 Å². The van der Waals surface area contributed by atoms with Crippen LogP contribution in [-0.2, 0) is 0 Å². The van der Waals surface area contributed by atoms with Gasteiger partial charge in [0, 0.05) is 11.6 Å². The van der Waals surface area contributed by atoms with Crippen LogP contribution in [0.1, 0.15) is 5.56 Å². The Morgan fingerprint density at radius 1 is 1.47 bits per heavy atom. The Labute approximate surface area is 82.4 Å². The van der Waals surface area contributed by atoms with Crippen LogP contribution in [-0.4, -0.2) is 11.5 Å². The Kier molecular flexibility index (Phi) is 3.13. The van der Waals surface area contributed by atoms with E-state index in [0.717, 1.165) is 19.1 Å². The van der Waals surface area contributed by atoms with Gasteiger partial charge in [0.1, 0.15) is 5.82 Å². The molecule has 0 radical (unpaired) electrons. The molecule has 0 saturated heterocycles. The Morgan fingerprint density at radius 3 is 2.53 bits per heavy atom. The summed E-state index contributed by atoms with van der Waals surface area (Å²) < 4.78 is 40.6. The molecular weight excluding hydrogens is 215 g/mol. The van der Waals surface area contributed by atoms with Crippen LogP contribution in [0.25, 0.3) is 0 Å². The fraction of sp³-hybridized carbons (Fsp3) is 0.250. The lowest BCUT2D eigenvalue weighted by Gasteiger charge is -2.08. The van der Waals surface area contributed by atoms with Crippen LogP contribution in [0, 0.1) is 22.9 Å². The molecule has 0 unspecified atom stereocenters. The number of nitro benzene ring substituents is 1. The van der Waals surface area contributed by atoms with Crippen molar-refractivity contribution in [3.63, 3.8) is 0 Å². The molecule has 0 aliphatic carbocycles. The van der Waals surface area contributed by atoms with E-state index in [4.69, 9.17) is 0 Å². The predicted molar refractivity (Wildman–Crippen MR) is 44.4 cm³/mol. The molecule has 7 heteroatoms. The molecule has 0 amide bonds. The zero-order valence-corrected chi connectivity index (χ0v) is 7.54. The van der Waals surface area contributed by atoms with Crippen molar-refractivity contribution < 1.29 is 22.8 Å². The number of benzene rings is 1.